The molecule has 2 N–H and O–H groups in total. The maximum atomic E-state index is 10.7. The quantitative estimate of drug-likeness (QED) is 0.0861. The molecule has 0 aromatic heterocycles. The van der Waals surface area contributed by atoms with Crippen LogP contribution in [0.5, 0.6) is 0 Å². The second-order valence-corrected chi connectivity index (χ2v) is 15.7. The topological polar surface area (TPSA) is 58.2 Å². The van der Waals surface area contributed by atoms with Gasteiger partial charge in [-0.05, 0) is 16.7 Å². The summed E-state index contributed by atoms with van der Waals surface area (Å²) in [6, 6.07) is 63.4. The Kier molecular flexibility index (Phi) is 20.3. The Hall–Kier alpha value is -5.52. The van der Waals surface area contributed by atoms with Crippen LogP contribution in [0.1, 0.15) is 48.9 Å². The number of amides is 2. The Morgan fingerprint density at radius 1 is 0.567 bits per heavy atom. The Balaban J connectivity index is 0.000000177. The monoisotopic (exact) mass is 918 g/mol. The van der Waals surface area contributed by atoms with E-state index in [0.29, 0.717) is 12.8 Å². The molecule has 0 heterocycles. The van der Waals surface area contributed by atoms with Crippen LogP contribution < -0.4 is 8.05 Å². The van der Waals surface area contributed by atoms with Crippen molar-refractivity contribution in [2.45, 2.75) is 40.5 Å². The molecule has 2 radical (unpaired) electrons. The zero-order valence-corrected chi connectivity index (χ0v) is 39.7. The van der Waals surface area contributed by atoms with Gasteiger partial charge < -0.3 is 0 Å². The van der Waals surface area contributed by atoms with Crippen LogP contribution in [0.25, 0.3) is 49.9 Å². The van der Waals surface area contributed by atoms with Gasteiger partial charge in [-0.2, -0.15) is 12.1 Å². The summed E-state index contributed by atoms with van der Waals surface area (Å²) >= 11 is -1.05. The van der Waals surface area contributed by atoms with E-state index in [2.05, 4.69) is 168 Å². The van der Waals surface area contributed by atoms with Crippen molar-refractivity contribution in [2.75, 3.05) is 0 Å². The number of fused-ring (bicyclic) bond motifs is 2. The summed E-state index contributed by atoms with van der Waals surface area (Å²) in [7, 11) is 0. The minimum absolute atomic E-state index is 0. The molecule has 2 amide bonds. The van der Waals surface area contributed by atoms with E-state index in [0.717, 1.165) is 5.56 Å². The Morgan fingerprint density at radius 2 is 0.983 bits per heavy atom. The average Bonchev–Trinajstić information content (AvgIpc) is 3.87. The van der Waals surface area contributed by atoms with E-state index in [9.17, 15) is 9.59 Å². The third-order valence-corrected chi connectivity index (χ3v) is 11.2. The van der Waals surface area contributed by atoms with Gasteiger partial charge in [-0.1, -0.05) is 140 Å². The van der Waals surface area contributed by atoms with Crippen LogP contribution in [0.3, 0.4) is 0 Å². The first-order chi connectivity index (χ1) is 28.8. The van der Waals surface area contributed by atoms with Crippen LogP contribution in [0, 0.1) is 19.9 Å². The fourth-order valence-electron chi connectivity index (χ4n) is 6.31. The van der Waals surface area contributed by atoms with Crippen molar-refractivity contribution in [1.82, 2.24) is 8.05 Å². The zero-order valence-electron chi connectivity index (χ0n) is 34.9. The molecular formula is C54H51GaN2O2Zr. The van der Waals surface area contributed by atoms with E-state index in [1.165, 1.54) is 60.5 Å². The fraction of sp³-hybridized carbons (Fsp3) is 0.111. The Morgan fingerprint density at radius 3 is 1.42 bits per heavy atom. The van der Waals surface area contributed by atoms with Gasteiger partial charge in [-0.3, -0.25) is 0 Å². The predicted molar refractivity (Wildman–Crippen MR) is 251 cm³/mol. The van der Waals surface area contributed by atoms with Gasteiger partial charge in [0.15, 0.2) is 0 Å². The van der Waals surface area contributed by atoms with E-state index in [4.69, 9.17) is 0 Å². The Bertz CT molecular complexity index is 2360. The van der Waals surface area contributed by atoms with Crippen LogP contribution in [0.15, 0.2) is 194 Å². The number of rotatable bonds is 9. The normalized spacial score (nSPS) is 10.3. The first-order valence-electron chi connectivity index (χ1n) is 20.0. The largest absolute Gasteiger partial charge is 3.00 e. The second kappa shape index (κ2) is 25.9. The molecule has 0 aliphatic carbocycles. The molecule has 0 aliphatic heterocycles. The van der Waals surface area contributed by atoms with E-state index < -0.39 is 17.9 Å². The van der Waals surface area contributed by atoms with Crippen LogP contribution in [0.4, 0.5) is 0 Å². The molecule has 0 unspecified atom stereocenters. The van der Waals surface area contributed by atoms with Gasteiger partial charge in [0.2, 0.25) is 0 Å². The van der Waals surface area contributed by atoms with E-state index in [-0.39, 0.29) is 38.0 Å². The van der Waals surface area contributed by atoms with Crippen molar-refractivity contribution in [3.63, 3.8) is 0 Å². The van der Waals surface area contributed by atoms with E-state index in [1.54, 1.807) is 13.8 Å². The maximum Gasteiger partial charge on any atom is 3.00 e. The molecule has 0 bridgehead atoms. The first-order valence-corrected chi connectivity index (χ1v) is 22.5. The third kappa shape index (κ3) is 15.3. The summed E-state index contributed by atoms with van der Waals surface area (Å²) in [5.41, 5.74) is 10.2. The maximum absolute atomic E-state index is 10.7. The van der Waals surface area contributed by atoms with Crippen LogP contribution >= 0.6 is 0 Å². The SMILES string of the molecule is CCC(=O)[NH][Ga][NH]C(=O)CC.Cc1cc2c(-c3ccccc3)cccc2[cH-]1.Cc1cc2c(-c3ccccc3)cccc2[cH-]1.[C-](=CC=Cc1ccccc1)c1ccccc1.[Zr+3]. The third-order valence-electron chi connectivity index (χ3n) is 9.28. The molecule has 60 heavy (non-hydrogen) atoms. The van der Waals surface area contributed by atoms with Crippen molar-refractivity contribution >= 4 is 57.3 Å². The minimum Gasteiger partial charge on any atom is -0.165 e. The first kappa shape index (κ1) is 47.2. The molecule has 0 saturated heterocycles. The summed E-state index contributed by atoms with van der Waals surface area (Å²) in [5, 5.41) is 5.37. The smallest absolute Gasteiger partial charge is 0.165 e. The van der Waals surface area contributed by atoms with Crippen LogP contribution in [-0.4, -0.2) is 29.7 Å². The number of carbonyl (C=O) groups excluding carboxylic acids is 2. The van der Waals surface area contributed by atoms with Gasteiger partial charge >= 0.3 is 100 Å². The van der Waals surface area contributed by atoms with Gasteiger partial charge in [0, 0.05) is 0 Å². The summed E-state index contributed by atoms with van der Waals surface area (Å²) in [4.78, 5) is 21.3. The molecule has 8 aromatic rings. The minimum atomic E-state index is -1.05. The summed E-state index contributed by atoms with van der Waals surface area (Å²) in [6.07, 6.45) is 10.2. The van der Waals surface area contributed by atoms with Crippen molar-refractivity contribution < 1.29 is 35.8 Å². The molecule has 0 atom stereocenters. The second-order valence-electron chi connectivity index (χ2n) is 13.8. The molecule has 4 nitrogen and oxygen atoms in total. The standard InChI is InChI=1S/3C16H13.2C3H7NO.Ga.Zr/c2*1-12-10-14-8-5-9-15(16(14)11-12)13-6-3-2-4-7-13;1-3-9-15(10-4-1)13-7-8-14-16-11-5-2-6-12-16;2*1-2-3(4)5;;/h2*2-11H,1H3;1-13H;2*2H2,1H3,(H2,4,5);;/q3*-1;;;+2;+3/p-2. The van der Waals surface area contributed by atoms with Gasteiger partial charge in [-0.25, -0.2) is 0 Å². The zero-order chi connectivity index (χ0) is 41.7. The molecule has 0 aliphatic rings. The van der Waals surface area contributed by atoms with Crippen molar-refractivity contribution in [3.05, 3.63) is 222 Å². The average molecular weight is 921 g/mol. The van der Waals surface area contributed by atoms with Crippen LogP contribution in [0.2, 0.25) is 0 Å². The van der Waals surface area contributed by atoms with E-state index >= 15 is 0 Å². The number of carbonyl (C=O) groups is 2. The molecule has 0 fully saturated rings. The van der Waals surface area contributed by atoms with E-state index in [1.807, 2.05) is 60.7 Å². The molecule has 8 aromatic carbocycles. The summed E-state index contributed by atoms with van der Waals surface area (Å²) < 4.78 is 5.37. The molecule has 6 heteroatoms. The number of hydrogen-bond donors (Lipinski definition) is 2. The predicted octanol–water partition coefficient (Wildman–Crippen LogP) is 12.7. The van der Waals surface area contributed by atoms with Crippen molar-refractivity contribution in [1.29, 1.82) is 0 Å². The number of hydrogen-bond acceptors (Lipinski definition) is 2. The van der Waals surface area contributed by atoms with Gasteiger partial charge in [0.1, 0.15) is 0 Å². The number of benzene rings is 6. The fourth-order valence-corrected chi connectivity index (χ4v) is 7.99. The molecule has 0 spiro atoms. The van der Waals surface area contributed by atoms with Gasteiger partial charge in [0.25, 0.3) is 0 Å². The molecule has 0 saturated carbocycles. The Labute approximate surface area is 383 Å². The van der Waals surface area contributed by atoms with Gasteiger partial charge in [-0.15, -0.1) is 117 Å². The van der Waals surface area contributed by atoms with Gasteiger partial charge in [0.05, 0.1) is 0 Å². The summed E-state index contributed by atoms with van der Waals surface area (Å²) in [6.45, 7) is 7.87. The number of allylic oxidation sites excluding steroid dienone is 2. The number of nitrogens with one attached hydrogen (secondary N) is 2. The molecular weight excluding hydrogens is 870 g/mol. The van der Waals surface area contributed by atoms with Crippen molar-refractivity contribution in [3.8, 4) is 22.3 Å². The van der Waals surface area contributed by atoms with Crippen molar-refractivity contribution in [2.24, 2.45) is 0 Å². The molecule has 8 rings (SSSR count). The molecule has 296 valence electrons. The number of aryl methyl sites for hydroxylation is 2. The van der Waals surface area contributed by atoms with Crippen LogP contribution in [-0.2, 0) is 35.8 Å². The summed E-state index contributed by atoms with van der Waals surface area (Å²) in [5.74, 6) is 0.0304.